The third-order valence-corrected chi connectivity index (χ3v) is 4.19. The van der Waals surface area contributed by atoms with Gasteiger partial charge < -0.3 is 5.32 Å². The van der Waals surface area contributed by atoms with Gasteiger partial charge in [-0.3, -0.25) is 0 Å². The Morgan fingerprint density at radius 3 is 3.00 bits per heavy atom. The monoisotopic (exact) mass is 269 g/mol. The van der Waals surface area contributed by atoms with Gasteiger partial charge in [-0.05, 0) is 49.6 Å². The second-order valence-corrected chi connectivity index (χ2v) is 6.00. The van der Waals surface area contributed by atoms with Crippen molar-refractivity contribution in [3.8, 4) is 0 Å². The van der Waals surface area contributed by atoms with Crippen molar-refractivity contribution in [1.29, 1.82) is 0 Å². The highest BCUT2D eigenvalue weighted by Gasteiger charge is 2.27. The number of aromatic nitrogens is 4. The molecule has 18 heavy (non-hydrogen) atoms. The van der Waals surface area contributed by atoms with Crippen LogP contribution in [0.3, 0.4) is 0 Å². The van der Waals surface area contributed by atoms with Gasteiger partial charge in [0, 0.05) is 11.8 Å². The average Bonchev–Trinajstić information content (AvgIpc) is 3.09. The number of nitrogens with zero attached hydrogens (tertiary/aromatic N) is 4. The lowest BCUT2D eigenvalue weighted by Gasteiger charge is -2.11. The molecule has 0 spiro atoms. The normalized spacial score (nSPS) is 17.0. The molecule has 0 aliphatic heterocycles. The van der Waals surface area contributed by atoms with E-state index in [1.54, 1.807) is 11.8 Å². The summed E-state index contributed by atoms with van der Waals surface area (Å²) in [5.41, 5.74) is 0. The molecule has 0 saturated heterocycles. The molecule has 2 rings (SSSR count). The van der Waals surface area contributed by atoms with Crippen LogP contribution in [-0.2, 0) is 0 Å². The van der Waals surface area contributed by atoms with Crippen LogP contribution < -0.4 is 5.32 Å². The fourth-order valence-electron chi connectivity index (χ4n) is 2.00. The minimum absolute atomic E-state index is 0.580. The second-order valence-electron chi connectivity index (χ2n) is 4.94. The topological polar surface area (TPSA) is 55.6 Å². The molecule has 1 aliphatic rings. The molecule has 1 atom stereocenters. The lowest BCUT2D eigenvalue weighted by molar-refractivity contribution is 0.510. The van der Waals surface area contributed by atoms with Gasteiger partial charge in [0.05, 0.1) is 6.04 Å². The molecule has 0 amide bonds. The minimum Gasteiger partial charge on any atom is -0.315 e. The van der Waals surface area contributed by atoms with E-state index in [4.69, 9.17) is 0 Å². The number of unbranched alkanes of at least 4 members (excludes halogenated alkanes) is 1. The molecule has 0 aromatic carbocycles. The number of nitrogens with one attached hydrogen (secondary N) is 1. The molecule has 1 saturated carbocycles. The molecule has 1 fully saturated rings. The highest BCUT2D eigenvalue weighted by Crippen LogP contribution is 2.36. The summed E-state index contributed by atoms with van der Waals surface area (Å²) in [5, 5.41) is 16.3. The Bertz CT molecular complexity index is 350. The number of tetrazole rings is 1. The lowest BCUT2D eigenvalue weighted by Crippen LogP contribution is -2.25. The van der Waals surface area contributed by atoms with Gasteiger partial charge in [0.1, 0.15) is 0 Å². The van der Waals surface area contributed by atoms with Crippen molar-refractivity contribution in [3.63, 3.8) is 0 Å². The summed E-state index contributed by atoms with van der Waals surface area (Å²) in [4.78, 5) is 0. The summed E-state index contributed by atoms with van der Waals surface area (Å²) in [6.45, 7) is 5.47. The predicted molar refractivity (Wildman–Crippen MR) is 73.8 cm³/mol. The Balaban J connectivity index is 1.59. The molecule has 6 heteroatoms. The van der Waals surface area contributed by atoms with Crippen molar-refractivity contribution in [2.24, 2.45) is 0 Å². The third-order valence-electron chi connectivity index (χ3n) is 3.17. The molecule has 1 aromatic heterocycles. The van der Waals surface area contributed by atoms with Crippen LogP contribution in [-0.4, -0.2) is 38.5 Å². The van der Waals surface area contributed by atoms with E-state index in [-0.39, 0.29) is 0 Å². The van der Waals surface area contributed by atoms with Crippen molar-refractivity contribution in [1.82, 2.24) is 25.5 Å². The van der Waals surface area contributed by atoms with Crippen molar-refractivity contribution in [3.05, 3.63) is 0 Å². The van der Waals surface area contributed by atoms with E-state index in [1.165, 1.54) is 32.1 Å². The first-order valence-electron chi connectivity index (χ1n) is 6.95. The van der Waals surface area contributed by atoms with Crippen molar-refractivity contribution < 1.29 is 0 Å². The lowest BCUT2D eigenvalue weighted by atomic mass is 10.1. The van der Waals surface area contributed by atoms with Crippen LogP contribution in [0, 0.1) is 0 Å². The quantitative estimate of drug-likeness (QED) is 0.550. The summed E-state index contributed by atoms with van der Waals surface area (Å²) >= 11 is 1.79. The van der Waals surface area contributed by atoms with Crippen molar-refractivity contribution in [2.45, 2.75) is 63.2 Å². The smallest absolute Gasteiger partial charge is 0.209 e. The predicted octanol–water partition coefficient (Wildman–Crippen LogP) is 2.27. The molecule has 1 N–H and O–H groups in total. The second kappa shape index (κ2) is 7.09. The van der Waals surface area contributed by atoms with E-state index < -0.39 is 0 Å². The average molecular weight is 269 g/mol. The van der Waals surface area contributed by atoms with Gasteiger partial charge in [0.2, 0.25) is 5.16 Å². The van der Waals surface area contributed by atoms with Crippen LogP contribution in [0.15, 0.2) is 5.16 Å². The van der Waals surface area contributed by atoms with Crippen LogP contribution in [0.2, 0.25) is 0 Å². The zero-order valence-electron chi connectivity index (χ0n) is 11.3. The van der Waals surface area contributed by atoms with Crippen molar-refractivity contribution in [2.75, 3.05) is 12.3 Å². The maximum atomic E-state index is 4.09. The molecule has 102 valence electrons. The van der Waals surface area contributed by atoms with Gasteiger partial charge >= 0.3 is 0 Å². The van der Waals surface area contributed by atoms with Gasteiger partial charge in [-0.2, -0.15) is 0 Å². The SMILES string of the molecule is CCNC(C)CCCCSc1nnnn1C1CC1. The molecule has 1 aromatic rings. The summed E-state index contributed by atoms with van der Waals surface area (Å²) in [5.74, 6) is 1.12. The van der Waals surface area contributed by atoms with Crippen LogP contribution in [0.5, 0.6) is 0 Å². The van der Waals surface area contributed by atoms with Gasteiger partial charge in [0.15, 0.2) is 0 Å². The number of rotatable bonds is 9. The van der Waals surface area contributed by atoms with Gasteiger partial charge in [-0.25, -0.2) is 4.68 Å². The van der Waals surface area contributed by atoms with Crippen LogP contribution >= 0.6 is 11.8 Å². The molecular formula is C12H23N5S. The Morgan fingerprint density at radius 1 is 1.44 bits per heavy atom. The third kappa shape index (κ3) is 4.24. The minimum atomic E-state index is 0.580. The molecule has 1 heterocycles. The summed E-state index contributed by atoms with van der Waals surface area (Å²) in [6.07, 6.45) is 6.23. The zero-order chi connectivity index (χ0) is 12.8. The summed E-state index contributed by atoms with van der Waals surface area (Å²) in [7, 11) is 0. The maximum Gasteiger partial charge on any atom is 0.209 e. The fraction of sp³-hybridized carbons (Fsp3) is 0.917. The molecule has 1 aliphatic carbocycles. The summed E-state index contributed by atoms with van der Waals surface area (Å²) < 4.78 is 1.99. The van der Waals surface area contributed by atoms with E-state index in [2.05, 4.69) is 34.7 Å². The first kappa shape index (κ1) is 13.8. The van der Waals surface area contributed by atoms with Crippen LogP contribution in [0.4, 0.5) is 0 Å². The Hall–Kier alpha value is -0.620. The maximum absolute atomic E-state index is 4.09. The first-order chi connectivity index (χ1) is 8.81. The van der Waals surface area contributed by atoms with E-state index >= 15 is 0 Å². The van der Waals surface area contributed by atoms with E-state index in [0.717, 1.165) is 17.5 Å². The van der Waals surface area contributed by atoms with E-state index in [9.17, 15) is 0 Å². The number of hydrogen-bond acceptors (Lipinski definition) is 5. The largest absolute Gasteiger partial charge is 0.315 e. The number of hydrogen-bond donors (Lipinski definition) is 1. The Morgan fingerprint density at radius 2 is 2.28 bits per heavy atom. The van der Waals surface area contributed by atoms with E-state index in [1.807, 2.05) is 4.68 Å². The Labute approximate surface area is 113 Å². The fourth-order valence-corrected chi connectivity index (χ4v) is 2.94. The molecular weight excluding hydrogens is 246 g/mol. The molecule has 1 unspecified atom stereocenters. The Kier molecular flexibility index (Phi) is 5.44. The van der Waals surface area contributed by atoms with Gasteiger partial charge in [0.25, 0.3) is 0 Å². The summed E-state index contributed by atoms with van der Waals surface area (Å²) in [6, 6.07) is 1.22. The first-order valence-corrected chi connectivity index (χ1v) is 7.94. The standard InChI is InChI=1S/C12H23N5S/c1-3-13-10(2)6-4-5-9-18-12-14-15-16-17(12)11-7-8-11/h10-11,13H,3-9H2,1-2H3. The zero-order valence-corrected chi connectivity index (χ0v) is 12.1. The van der Waals surface area contributed by atoms with Crippen LogP contribution in [0.1, 0.15) is 52.0 Å². The molecule has 0 radical (unpaired) electrons. The van der Waals surface area contributed by atoms with E-state index in [0.29, 0.717) is 12.1 Å². The number of thioether (sulfide) groups is 1. The molecule has 5 nitrogen and oxygen atoms in total. The van der Waals surface area contributed by atoms with Crippen LogP contribution in [0.25, 0.3) is 0 Å². The highest BCUT2D eigenvalue weighted by molar-refractivity contribution is 7.99. The van der Waals surface area contributed by atoms with Gasteiger partial charge in [-0.1, -0.05) is 25.1 Å². The highest BCUT2D eigenvalue weighted by atomic mass is 32.2. The molecule has 0 bridgehead atoms. The van der Waals surface area contributed by atoms with Crippen molar-refractivity contribution >= 4 is 11.8 Å². The van der Waals surface area contributed by atoms with Gasteiger partial charge in [-0.15, -0.1) is 5.10 Å².